The number of likely N-dealkylation sites (tertiary alicyclic amines) is 1. The van der Waals surface area contributed by atoms with Crippen LogP contribution >= 0.6 is 11.3 Å². The van der Waals surface area contributed by atoms with Gasteiger partial charge in [-0.1, -0.05) is 6.07 Å². The molecule has 7 nitrogen and oxygen atoms in total. The predicted molar refractivity (Wildman–Crippen MR) is 97.7 cm³/mol. The number of sulfonamides is 1. The Morgan fingerprint density at radius 1 is 1.40 bits per heavy atom. The van der Waals surface area contributed by atoms with Gasteiger partial charge in [-0.25, -0.2) is 4.98 Å². The molecule has 1 aromatic heterocycles. The molecule has 132 valence electrons. The van der Waals surface area contributed by atoms with E-state index in [1.54, 1.807) is 24.6 Å². The molecule has 25 heavy (non-hydrogen) atoms. The predicted octanol–water partition coefficient (Wildman–Crippen LogP) is 2.52. The second-order valence-corrected chi connectivity index (χ2v) is 8.22. The van der Waals surface area contributed by atoms with Crippen LogP contribution in [0.2, 0.25) is 0 Å². The van der Waals surface area contributed by atoms with Crippen LogP contribution in [-0.2, 0) is 10.0 Å². The SMILES string of the molecule is Cc1ncsc1C(=O)Nc1cccc(S(=O)(=O)/N=C2\CCCN2C)c1. The van der Waals surface area contributed by atoms with Crippen molar-refractivity contribution in [3.63, 3.8) is 0 Å². The van der Waals surface area contributed by atoms with Gasteiger partial charge in [-0.15, -0.1) is 15.7 Å². The Labute approximate surface area is 150 Å². The lowest BCUT2D eigenvalue weighted by atomic mass is 10.3. The summed E-state index contributed by atoms with van der Waals surface area (Å²) in [5, 5.41) is 2.71. The van der Waals surface area contributed by atoms with Crippen LogP contribution in [0.1, 0.15) is 28.2 Å². The number of aryl methyl sites for hydroxylation is 1. The molecule has 1 N–H and O–H groups in total. The van der Waals surface area contributed by atoms with Crippen molar-refractivity contribution in [1.82, 2.24) is 9.88 Å². The van der Waals surface area contributed by atoms with Crippen molar-refractivity contribution in [3.8, 4) is 0 Å². The fourth-order valence-corrected chi connectivity index (χ4v) is 4.38. The van der Waals surface area contributed by atoms with Gasteiger partial charge in [0, 0.05) is 25.7 Å². The number of benzene rings is 1. The zero-order chi connectivity index (χ0) is 18.0. The lowest BCUT2D eigenvalue weighted by Gasteiger charge is -2.11. The largest absolute Gasteiger partial charge is 0.362 e. The second-order valence-electron chi connectivity index (χ2n) is 5.76. The molecule has 1 aliphatic rings. The summed E-state index contributed by atoms with van der Waals surface area (Å²) in [7, 11) is -1.98. The zero-order valence-electron chi connectivity index (χ0n) is 13.9. The first-order chi connectivity index (χ1) is 11.9. The Morgan fingerprint density at radius 3 is 2.84 bits per heavy atom. The molecule has 2 aromatic rings. The summed E-state index contributed by atoms with van der Waals surface area (Å²) in [4.78, 5) is 18.7. The van der Waals surface area contributed by atoms with E-state index in [0.717, 1.165) is 13.0 Å². The van der Waals surface area contributed by atoms with E-state index in [1.807, 2.05) is 11.9 Å². The molecule has 0 unspecified atom stereocenters. The van der Waals surface area contributed by atoms with Crippen molar-refractivity contribution >= 4 is 38.8 Å². The van der Waals surface area contributed by atoms with Gasteiger partial charge in [-0.05, 0) is 31.5 Å². The highest BCUT2D eigenvalue weighted by molar-refractivity contribution is 7.90. The van der Waals surface area contributed by atoms with Crippen molar-refractivity contribution in [2.24, 2.45) is 4.40 Å². The van der Waals surface area contributed by atoms with Gasteiger partial charge in [-0.2, -0.15) is 8.42 Å². The first-order valence-electron chi connectivity index (χ1n) is 7.73. The molecule has 1 aliphatic heterocycles. The fraction of sp³-hybridized carbons (Fsp3) is 0.312. The van der Waals surface area contributed by atoms with Gasteiger partial charge in [0.2, 0.25) is 0 Å². The molecule has 1 aromatic carbocycles. The molecule has 0 bridgehead atoms. The summed E-state index contributed by atoms with van der Waals surface area (Å²) >= 11 is 1.24. The maximum absolute atomic E-state index is 12.5. The Morgan fingerprint density at radius 2 is 2.20 bits per heavy atom. The minimum Gasteiger partial charge on any atom is -0.362 e. The number of anilines is 1. The average molecular weight is 378 g/mol. The van der Waals surface area contributed by atoms with E-state index in [4.69, 9.17) is 0 Å². The quantitative estimate of drug-likeness (QED) is 0.883. The number of hydrogen-bond donors (Lipinski definition) is 1. The van der Waals surface area contributed by atoms with E-state index in [-0.39, 0.29) is 10.8 Å². The van der Waals surface area contributed by atoms with Crippen molar-refractivity contribution < 1.29 is 13.2 Å². The van der Waals surface area contributed by atoms with Gasteiger partial charge in [0.25, 0.3) is 15.9 Å². The van der Waals surface area contributed by atoms with E-state index < -0.39 is 10.0 Å². The Kier molecular flexibility index (Phi) is 4.87. The number of carbonyl (C=O) groups is 1. The van der Waals surface area contributed by atoms with Gasteiger partial charge < -0.3 is 10.2 Å². The van der Waals surface area contributed by atoms with Gasteiger partial charge in [0.1, 0.15) is 10.7 Å². The van der Waals surface area contributed by atoms with Gasteiger partial charge in [-0.3, -0.25) is 4.79 Å². The van der Waals surface area contributed by atoms with E-state index in [9.17, 15) is 13.2 Å². The number of amides is 1. The number of hydrogen-bond acceptors (Lipinski definition) is 5. The van der Waals surface area contributed by atoms with Crippen LogP contribution in [0.3, 0.4) is 0 Å². The molecule has 1 amide bonds. The van der Waals surface area contributed by atoms with Crippen LogP contribution in [0.15, 0.2) is 39.1 Å². The zero-order valence-corrected chi connectivity index (χ0v) is 15.5. The number of carbonyl (C=O) groups excluding carboxylic acids is 1. The highest BCUT2D eigenvalue weighted by Crippen LogP contribution is 2.21. The van der Waals surface area contributed by atoms with Crippen molar-refractivity contribution in [2.45, 2.75) is 24.7 Å². The second kappa shape index (κ2) is 6.93. The normalized spacial score (nSPS) is 16.4. The maximum Gasteiger partial charge on any atom is 0.284 e. The van der Waals surface area contributed by atoms with Crippen molar-refractivity contribution in [3.05, 3.63) is 40.3 Å². The highest BCUT2D eigenvalue weighted by atomic mass is 32.2. The Balaban J connectivity index is 1.84. The molecular weight excluding hydrogens is 360 g/mol. The number of thiazole rings is 1. The lowest BCUT2D eigenvalue weighted by Crippen LogP contribution is -2.20. The summed E-state index contributed by atoms with van der Waals surface area (Å²) < 4.78 is 29.0. The van der Waals surface area contributed by atoms with E-state index in [2.05, 4.69) is 14.7 Å². The molecule has 0 atom stereocenters. The number of rotatable bonds is 4. The fourth-order valence-electron chi connectivity index (χ4n) is 2.54. The first kappa shape index (κ1) is 17.6. The Bertz CT molecular complexity index is 934. The number of nitrogens with zero attached hydrogens (tertiary/aromatic N) is 3. The third kappa shape index (κ3) is 3.88. The molecule has 1 fully saturated rings. The van der Waals surface area contributed by atoms with Gasteiger partial charge in [0.05, 0.1) is 16.1 Å². The van der Waals surface area contributed by atoms with Crippen LogP contribution in [0, 0.1) is 6.92 Å². The summed E-state index contributed by atoms with van der Waals surface area (Å²) in [6.45, 7) is 2.55. The van der Waals surface area contributed by atoms with Crippen LogP contribution in [0.5, 0.6) is 0 Å². The molecular formula is C16H18N4O3S2. The van der Waals surface area contributed by atoms with Crippen LogP contribution in [-0.4, -0.2) is 43.6 Å². The van der Waals surface area contributed by atoms with Gasteiger partial charge in [0.15, 0.2) is 0 Å². The van der Waals surface area contributed by atoms with Gasteiger partial charge >= 0.3 is 0 Å². The van der Waals surface area contributed by atoms with Crippen LogP contribution in [0.25, 0.3) is 0 Å². The minimum absolute atomic E-state index is 0.0547. The van der Waals surface area contributed by atoms with Crippen LogP contribution < -0.4 is 5.32 Å². The molecule has 0 spiro atoms. The van der Waals surface area contributed by atoms with E-state index in [0.29, 0.717) is 28.5 Å². The van der Waals surface area contributed by atoms with Crippen LogP contribution in [0.4, 0.5) is 5.69 Å². The van der Waals surface area contributed by atoms with Crippen molar-refractivity contribution in [1.29, 1.82) is 0 Å². The number of amidine groups is 1. The first-order valence-corrected chi connectivity index (χ1v) is 10.1. The molecule has 3 rings (SSSR count). The molecule has 0 saturated carbocycles. The summed E-state index contributed by atoms with van der Waals surface area (Å²) in [6, 6.07) is 6.12. The maximum atomic E-state index is 12.5. The van der Waals surface area contributed by atoms with E-state index in [1.165, 1.54) is 23.5 Å². The number of nitrogens with one attached hydrogen (secondary N) is 1. The Hall–Kier alpha value is -2.26. The summed E-state index contributed by atoms with van der Waals surface area (Å²) in [5.41, 5.74) is 2.64. The molecule has 0 aliphatic carbocycles. The average Bonchev–Trinajstić information content (AvgIpc) is 3.16. The summed E-state index contributed by atoms with van der Waals surface area (Å²) in [6.07, 6.45) is 1.55. The minimum atomic E-state index is -3.81. The lowest BCUT2D eigenvalue weighted by molar-refractivity contribution is 0.102. The third-order valence-electron chi connectivity index (χ3n) is 3.90. The standard InChI is InChI=1S/C16H18N4O3S2/c1-11-15(24-10-17-11)16(21)18-12-5-3-6-13(9-12)25(22,23)19-14-7-4-8-20(14)2/h3,5-6,9-10H,4,7-8H2,1-2H3,(H,18,21)/b19-14+. The molecule has 2 heterocycles. The highest BCUT2D eigenvalue weighted by Gasteiger charge is 2.21. The van der Waals surface area contributed by atoms with Crippen molar-refractivity contribution in [2.75, 3.05) is 18.9 Å². The summed E-state index contributed by atoms with van der Waals surface area (Å²) in [5.74, 6) is 0.256. The molecule has 0 radical (unpaired) electrons. The third-order valence-corrected chi connectivity index (χ3v) is 6.13. The van der Waals surface area contributed by atoms with E-state index >= 15 is 0 Å². The monoisotopic (exact) mass is 378 g/mol. The molecule has 9 heteroatoms. The topological polar surface area (TPSA) is 91.7 Å². The molecule has 1 saturated heterocycles. The number of aromatic nitrogens is 1. The smallest absolute Gasteiger partial charge is 0.284 e.